The van der Waals surface area contributed by atoms with Gasteiger partial charge in [-0.25, -0.2) is 0 Å². The minimum absolute atomic E-state index is 0.0916. The highest BCUT2D eigenvalue weighted by atomic mass is 32.1. The highest BCUT2D eigenvalue weighted by Gasteiger charge is 2.27. The van der Waals surface area contributed by atoms with Gasteiger partial charge in [0.2, 0.25) is 0 Å². The standard InChI is InChI=1S/C25H36N2O2S/c1-24(15-19-28,21-9-5-3-6-10-21)13-17-26-23(30)27-18-14-25(2,16-20-29)22-11-7-4-8-12-22/h3-12,28-29H,13-20H2,1-2H3,(H2,26,27,30). The number of thiocarbonyl (C=S) groups is 1. The summed E-state index contributed by atoms with van der Waals surface area (Å²) >= 11 is 5.47. The van der Waals surface area contributed by atoms with E-state index in [0.29, 0.717) is 5.11 Å². The van der Waals surface area contributed by atoms with Crippen LogP contribution < -0.4 is 10.6 Å². The van der Waals surface area contributed by atoms with Gasteiger partial charge >= 0.3 is 0 Å². The van der Waals surface area contributed by atoms with Crippen LogP contribution in [0.15, 0.2) is 60.7 Å². The summed E-state index contributed by atoms with van der Waals surface area (Å²) in [6.07, 6.45) is 3.20. The van der Waals surface area contributed by atoms with Crippen LogP contribution in [0.2, 0.25) is 0 Å². The van der Waals surface area contributed by atoms with Crippen LogP contribution in [0.1, 0.15) is 50.7 Å². The van der Waals surface area contributed by atoms with Crippen molar-refractivity contribution in [2.75, 3.05) is 26.3 Å². The molecule has 2 unspecified atom stereocenters. The van der Waals surface area contributed by atoms with Crippen molar-refractivity contribution in [3.05, 3.63) is 71.8 Å². The molecular weight excluding hydrogens is 392 g/mol. The molecule has 0 bridgehead atoms. The summed E-state index contributed by atoms with van der Waals surface area (Å²) in [4.78, 5) is 0. The minimum Gasteiger partial charge on any atom is -0.396 e. The van der Waals surface area contributed by atoms with Gasteiger partial charge in [-0.05, 0) is 59.9 Å². The van der Waals surface area contributed by atoms with Gasteiger partial charge in [-0.2, -0.15) is 0 Å². The predicted octanol–water partition coefficient (Wildman–Crippen LogP) is 3.91. The molecule has 0 saturated carbocycles. The molecule has 2 rings (SSSR count). The fraction of sp³-hybridized carbons (Fsp3) is 0.480. The first-order chi connectivity index (χ1) is 14.4. The Bertz CT molecular complexity index is 693. The maximum atomic E-state index is 9.53. The monoisotopic (exact) mass is 428 g/mol. The Morgan fingerprint density at radius 2 is 1.07 bits per heavy atom. The van der Waals surface area contributed by atoms with E-state index in [9.17, 15) is 10.2 Å². The quantitative estimate of drug-likeness (QED) is 0.386. The largest absolute Gasteiger partial charge is 0.396 e. The first-order valence-electron chi connectivity index (χ1n) is 10.8. The van der Waals surface area contributed by atoms with Crippen LogP contribution in [0.3, 0.4) is 0 Å². The van der Waals surface area contributed by atoms with Crippen LogP contribution in [0.4, 0.5) is 0 Å². The van der Waals surface area contributed by atoms with Gasteiger partial charge < -0.3 is 20.8 Å². The third-order valence-electron chi connectivity index (χ3n) is 6.19. The summed E-state index contributed by atoms with van der Waals surface area (Å²) < 4.78 is 0. The molecule has 2 atom stereocenters. The van der Waals surface area contributed by atoms with Gasteiger partial charge in [0.15, 0.2) is 5.11 Å². The maximum absolute atomic E-state index is 9.53. The first-order valence-corrected chi connectivity index (χ1v) is 11.2. The number of aliphatic hydroxyl groups is 2. The second-order valence-electron chi connectivity index (χ2n) is 8.48. The fourth-order valence-electron chi connectivity index (χ4n) is 3.97. The van der Waals surface area contributed by atoms with E-state index in [4.69, 9.17) is 12.2 Å². The summed E-state index contributed by atoms with van der Waals surface area (Å²) in [6.45, 7) is 6.19. The van der Waals surface area contributed by atoms with Crippen LogP contribution in [0.25, 0.3) is 0 Å². The molecule has 0 saturated heterocycles. The molecule has 0 aliphatic carbocycles. The van der Waals surface area contributed by atoms with Gasteiger partial charge in [0.1, 0.15) is 0 Å². The van der Waals surface area contributed by atoms with Crippen LogP contribution in [-0.4, -0.2) is 41.6 Å². The SMILES string of the molecule is CC(CCO)(CCNC(=S)NCCC(C)(CCO)c1ccccc1)c1ccccc1. The number of benzene rings is 2. The molecule has 2 aromatic rings. The Labute approximate surface area is 186 Å². The van der Waals surface area contributed by atoms with Crippen molar-refractivity contribution >= 4 is 17.3 Å². The molecule has 30 heavy (non-hydrogen) atoms. The fourth-order valence-corrected chi connectivity index (χ4v) is 4.17. The third-order valence-corrected chi connectivity index (χ3v) is 6.48. The molecule has 4 nitrogen and oxygen atoms in total. The van der Waals surface area contributed by atoms with Crippen molar-refractivity contribution in [1.29, 1.82) is 0 Å². The molecule has 4 N–H and O–H groups in total. The highest BCUT2D eigenvalue weighted by Crippen LogP contribution is 2.31. The van der Waals surface area contributed by atoms with E-state index in [1.807, 2.05) is 36.4 Å². The average molecular weight is 429 g/mol. The molecule has 0 aromatic heterocycles. The molecular formula is C25H36N2O2S. The van der Waals surface area contributed by atoms with Gasteiger partial charge in [0, 0.05) is 26.3 Å². The Balaban J connectivity index is 1.82. The summed E-state index contributed by atoms with van der Waals surface area (Å²) in [5, 5.41) is 26.3. The molecule has 0 aliphatic rings. The Hall–Kier alpha value is -1.95. The highest BCUT2D eigenvalue weighted by molar-refractivity contribution is 7.80. The zero-order valence-corrected chi connectivity index (χ0v) is 19.0. The lowest BCUT2D eigenvalue weighted by Gasteiger charge is -2.31. The molecule has 0 aliphatic heterocycles. The smallest absolute Gasteiger partial charge is 0.166 e. The van der Waals surface area contributed by atoms with Crippen molar-refractivity contribution in [3.8, 4) is 0 Å². The van der Waals surface area contributed by atoms with Gasteiger partial charge in [-0.15, -0.1) is 0 Å². The molecule has 0 fully saturated rings. The van der Waals surface area contributed by atoms with Crippen molar-refractivity contribution in [2.45, 2.75) is 50.4 Å². The van der Waals surface area contributed by atoms with E-state index in [-0.39, 0.29) is 24.0 Å². The van der Waals surface area contributed by atoms with Gasteiger partial charge in [0.25, 0.3) is 0 Å². The first kappa shape index (κ1) is 24.3. The second kappa shape index (κ2) is 12.0. The summed E-state index contributed by atoms with van der Waals surface area (Å²) in [5.41, 5.74) is 2.29. The Morgan fingerprint density at radius 3 is 1.40 bits per heavy atom. The Morgan fingerprint density at radius 1 is 0.700 bits per heavy atom. The van der Waals surface area contributed by atoms with Crippen molar-refractivity contribution in [2.24, 2.45) is 0 Å². The van der Waals surface area contributed by atoms with E-state index >= 15 is 0 Å². The van der Waals surface area contributed by atoms with Crippen LogP contribution in [-0.2, 0) is 10.8 Å². The van der Waals surface area contributed by atoms with E-state index in [0.717, 1.165) is 38.8 Å². The minimum atomic E-state index is -0.0916. The number of aliphatic hydroxyl groups excluding tert-OH is 2. The maximum Gasteiger partial charge on any atom is 0.166 e. The van der Waals surface area contributed by atoms with Crippen molar-refractivity contribution < 1.29 is 10.2 Å². The number of hydrogen-bond acceptors (Lipinski definition) is 3. The normalized spacial score (nSPS) is 15.1. The van der Waals surface area contributed by atoms with E-state index in [1.54, 1.807) is 0 Å². The lowest BCUT2D eigenvalue weighted by atomic mass is 9.77. The number of nitrogens with one attached hydrogen (secondary N) is 2. The molecule has 0 heterocycles. The lowest BCUT2D eigenvalue weighted by molar-refractivity contribution is 0.238. The predicted molar refractivity (Wildman–Crippen MR) is 129 cm³/mol. The van der Waals surface area contributed by atoms with E-state index in [1.165, 1.54) is 11.1 Å². The van der Waals surface area contributed by atoms with Crippen LogP contribution in [0.5, 0.6) is 0 Å². The molecule has 0 spiro atoms. The van der Waals surface area contributed by atoms with E-state index < -0.39 is 0 Å². The molecule has 5 heteroatoms. The van der Waals surface area contributed by atoms with Crippen molar-refractivity contribution in [3.63, 3.8) is 0 Å². The topological polar surface area (TPSA) is 64.5 Å². The average Bonchev–Trinajstić information content (AvgIpc) is 2.75. The summed E-state index contributed by atoms with van der Waals surface area (Å²) in [7, 11) is 0. The molecule has 164 valence electrons. The zero-order chi connectivity index (χ0) is 21.9. The molecule has 0 amide bonds. The summed E-state index contributed by atoms with van der Waals surface area (Å²) in [5.74, 6) is 0. The van der Waals surface area contributed by atoms with Crippen molar-refractivity contribution in [1.82, 2.24) is 10.6 Å². The van der Waals surface area contributed by atoms with Gasteiger partial charge in [-0.1, -0.05) is 74.5 Å². The number of hydrogen-bond donors (Lipinski definition) is 4. The Kier molecular flexibility index (Phi) is 9.76. The lowest BCUT2D eigenvalue weighted by Crippen LogP contribution is -2.40. The van der Waals surface area contributed by atoms with Crippen LogP contribution in [0, 0.1) is 0 Å². The molecule has 0 radical (unpaired) electrons. The zero-order valence-electron chi connectivity index (χ0n) is 18.2. The van der Waals surface area contributed by atoms with Crippen LogP contribution >= 0.6 is 12.2 Å². The van der Waals surface area contributed by atoms with E-state index in [2.05, 4.69) is 48.7 Å². The molecule has 2 aromatic carbocycles. The third kappa shape index (κ3) is 7.08. The summed E-state index contributed by atoms with van der Waals surface area (Å²) in [6, 6.07) is 20.7. The number of rotatable bonds is 12. The second-order valence-corrected chi connectivity index (χ2v) is 8.89. The van der Waals surface area contributed by atoms with Gasteiger partial charge in [0.05, 0.1) is 0 Å². The van der Waals surface area contributed by atoms with Gasteiger partial charge in [-0.3, -0.25) is 0 Å².